The summed E-state index contributed by atoms with van der Waals surface area (Å²) in [6, 6.07) is 1.64. The molecule has 0 fully saturated rings. The van der Waals surface area contributed by atoms with Crippen LogP contribution in [0.15, 0.2) is 11.1 Å². The quantitative estimate of drug-likeness (QED) is 0.569. The van der Waals surface area contributed by atoms with E-state index in [1.807, 2.05) is 0 Å². The Bertz CT molecular complexity index is 370. The number of pyridine rings is 1. The Morgan fingerprint density at radius 1 is 1.18 bits per heavy atom. The first-order valence-electron chi connectivity index (χ1n) is 5.45. The Balaban J connectivity index is 2.55. The topological polar surface area (TPSA) is 16.1 Å². The number of aromatic nitrogens is 1. The second kappa shape index (κ2) is 7.70. The Morgan fingerprint density at radius 2 is 1.82 bits per heavy atom. The van der Waals surface area contributed by atoms with Crippen LogP contribution in [-0.4, -0.2) is 35.3 Å². The second-order valence-corrected chi connectivity index (χ2v) is 5.68. The molecule has 0 bridgehead atoms. The van der Waals surface area contributed by atoms with E-state index < -0.39 is 0 Å². The summed E-state index contributed by atoms with van der Waals surface area (Å²) in [5.74, 6) is 0.937. The van der Waals surface area contributed by atoms with Crippen LogP contribution in [0.2, 0.25) is 15.2 Å². The van der Waals surface area contributed by atoms with Gasteiger partial charge in [0.1, 0.15) is 10.2 Å². The van der Waals surface area contributed by atoms with Gasteiger partial charge in [-0.3, -0.25) is 0 Å². The van der Waals surface area contributed by atoms with Crippen molar-refractivity contribution in [2.45, 2.75) is 18.9 Å². The molecule has 6 heteroatoms. The first-order valence-corrected chi connectivity index (χ1v) is 7.57. The van der Waals surface area contributed by atoms with Gasteiger partial charge in [0.2, 0.25) is 0 Å². The third-order valence-electron chi connectivity index (χ3n) is 2.40. The predicted octanol–water partition coefficient (Wildman–Crippen LogP) is 4.48. The minimum atomic E-state index is 0.307. The maximum Gasteiger partial charge on any atom is 0.149 e. The summed E-state index contributed by atoms with van der Waals surface area (Å²) in [5.41, 5.74) is 0. The summed E-state index contributed by atoms with van der Waals surface area (Å²) in [4.78, 5) is 6.51. The van der Waals surface area contributed by atoms with E-state index >= 15 is 0 Å². The molecule has 1 aromatic rings. The average molecular weight is 314 g/mol. The third-order valence-corrected chi connectivity index (χ3v) is 4.44. The molecule has 1 rings (SSSR count). The van der Waals surface area contributed by atoms with Gasteiger partial charge in [-0.15, -0.1) is 11.8 Å². The molecule has 0 aliphatic rings. The smallest absolute Gasteiger partial charge is 0.149 e. The molecular weight excluding hydrogens is 299 g/mol. The molecule has 0 atom stereocenters. The van der Waals surface area contributed by atoms with Crippen molar-refractivity contribution in [1.29, 1.82) is 0 Å². The summed E-state index contributed by atoms with van der Waals surface area (Å²) in [6.45, 7) is 7.42. The zero-order valence-electron chi connectivity index (χ0n) is 9.84. The van der Waals surface area contributed by atoms with Crippen LogP contribution in [0.4, 0.5) is 0 Å². The molecule has 17 heavy (non-hydrogen) atoms. The molecule has 0 spiro atoms. The summed E-state index contributed by atoms with van der Waals surface area (Å²) in [6.07, 6.45) is 0. The average Bonchev–Trinajstić information content (AvgIpc) is 2.31. The Morgan fingerprint density at radius 3 is 2.41 bits per heavy atom. The number of nitrogens with zero attached hydrogens (tertiary/aromatic N) is 2. The van der Waals surface area contributed by atoms with E-state index in [1.165, 1.54) is 0 Å². The molecule has 0 radical (unpaired) electrons. The maximum absolute atomic E-state index is 6.04. The number of hydrogen-bond acceptors (Lipinski definition) is 3. The van der Waals surface area contributed by atoms with Gasteiger partial charge >= 0.3 is 0 Å². The van der Waals surface area contributed by atoms with E-state index in [-0.39, 0.29) is 0 Å². The van der Waals surface area contributed by atoms with Gasteiger partial charge < -0.3 is 4.90 Å². The van der Waals surface area contributed by atoms with Crippen LogP contribution < -0.4 is 0 Å². The Labute approximate surface area is 122 Å². The summed E-state index contributed by atoms with van der Waals surface area (Å²) in [5, 5.41) is 2.00. The number of halogens is 3. The standard InChI is InChI=1S/C11H15Cl3N2S/c1-3-16(4-2)5-6-17-11-9(13)7-8(12)10(14)15-11/h7H,3-6H2,1-2H3. The van der Waals surface area contributed by atoms with E-state index in [1.54, 1.807) is 17.8 Å². The van der Waals surface area contributed by atoms with Gasteiger partial charge in [-0.05, 0) is 19.2 Å². The molecule has 0 saturated carbocycles. The predicted molar refractivity (Wildman–Crippen MR) is 77.8 cm³/mol. The van der Waals surface area contributed by atoms with E-state index in [2.05, 4.69) is 23.7 Å². The molecule has 2 nitrogen and oxygen atoms in total. The van der Waals surface area contributed by atoms with Gasteiger partial charge in [0.05, 0.1) is 10.0 Å². The van der Waals surface area contributed by atoms with Crippen LogP contribution in [0, 0.1) is 0 Å². The van der Waals surface area contributed by atoms with Crippen LogP contribution in [0.25, 0.3) is 0 Å². The van der Waals surface area contributed by atoms with Crippen LogP contribution in [-0.2, 0) is 0 Å². The fourth-order valence-corrected chi connectivity index (χ4v) is 2.95. The molecule has 0 N–H and O–H groups in total. The highest BCUT2D eigenvalue weighted by molar-refractivity contribution is 7.99. The van der Waals surface area contributed by atoms with E-state index in [4.69, 9.17) is 34.8 Å². The highest BCUT2D eigenvalue weighted by Gasteiger charge is 2.08. The largest absolute Gasteiger partial charge is 0.303 e. The van der Waals surface area contributed by atoms with E-state index in [9.17, 15) is 0 Å². The molecule has 0 aliphatic heterocycles. The molecule has 1 aromatic heterocycles. The molecule has 0 saturated heterocycles. The number of thioether (sulfide) groups is 1. The Kier molecular flexibility index (Phi) is 6.97. The molecule has 0 amide bonds. The van der Waals surface area contributed by atoms with Gasteiger partial charge in [-0.2, -0.15) is 0 Å². The normalized spacial score (nSPS) is 11.2. The number of hydrogen-bond donors (Lipinski definition) is 0. The van der Waals surface area contributed by atoms with Crippen LogP contribution in [0.3, 0.4) is 0 Å². The van der Waals surface area contributed by atoms with E-state index in [0.29, 0.717) is 15.2 Å². The third kappa shape index (κ3) is 4.84. The summed E-state index contributed by atoms with van der Waals surface area (Å²) < 4.78 is 0. The van der Waals surface area contributed by atoms with Crippen LogP contribution in [0.1, 0.15) is 13.8 Å². The fraction of sp³-hybridized carbons (Fsp3) is 0.545. The monoisotopic (exact) mass is 312 g/mol. The van der Waals surface area contributed by atoms with Gasteiger partial charge in [0, 0.05) is 12.3 Å². The molecule has 0 aromatic carbocycles. The molecule has 1 heterocycles. The first-order chi connectivity index (χ1) is 8.08. The minimum Gasteiger partial charge on any atom is -0.303 e. The van der Waals surface area contributed by atoms with Crippen molar-refractivity contribution in [2.24, 2.45) is 0 Å². The Hall–Kier alpha value is 0.330. The number of rotatable bonds is 6. The van der Waals surface area contributed by atoms with Crippen molar-refractivity contribution >= 4 is 46.6 Å². The lowest BCUT2D eigenvalue weighted by molar-refractivity contribution is 0.324. The highest BCUT2D eigenvalue weighted by atomic mass is 35.5. The molecule has 0 unspecified atom stereocenters. The van der Waals surface area contributed by atoms with Gasteiger partial charge in [0.15, 0.2) is 0 Å². The second-order valence-electron chi connectivity index (χ2n) is 3.42. The minimum absolute atomic E-state index is 0.307. The zero-order valence-corrected chi connectivity index (χ0v) is 12.9. The lowest BCUT2D eigenvalue weighted by Gasteiger charge is -2.17. The molecular formula is C11H15Cl3N2S. The molecule has 0 aliphatic carbocycles. The summed E-state index contributed by atoms with van der Waals surface area (Å²) in [7, 11) is 0. The van der Waals surface area contributed by atoms with Crippen molar-refractivity contribution < 1.29 is 0 Å². The van der Waals surface area contributed by atoms with Crippen LogP contribution >= 0.6 is 46.6 Å². The summed E-state index contributed by atoms with van der Waals surface area (Å²) >= 11 is 19.3. The zero-order chi connectivity index (χ0) is 12.8. The van der Waals surface area contributed by atoms with E-state index in [0.717, 1.165) is 30.4 Å². The first kappa shape index (κ1) is 15.4. The van der Waals surface area contributed by atoms with Gasteiger partial charge in [0.25, 0.3) is 0 Å². The van der Waals surface area contributed by atoms with Gasteiger partial charge in [-0.1, -0.05) is 48.7 Å². The molecule has 96 valence electrons. The van der Waals surface area contributed by atoms with Crippen molar-refractivity contribution in [3.8, 4) is 0 Å². The lowest BCUT2D eigenvalue weighted by atomic mass is 10.5. The van der Waals surface area contributed by atoms with Crippen molar-refractivity contribution in [2.75, 3.05) is 25.4 Å². The van der Waals surface area contributed by atoms with Crippen molar-refractivity contribution in [3.05, 3.63) is 21.3 Å². The van der Waals surface area contributed by atoms with Crippen molar-refractivity contribution in [1.82, 2.24) is 9.88 Å². The van der Waals surface area contributed by atoms with Crippen LogP contribution in [0.5, 0.6) is 0 Å². The SMILES string of the molecule is CCN(CC)CCSc1nc(Cl)c(Cl)cc1Cl. The fourth-order valence-electron chi connectivity index (χ4n) is 1.34. The highest BCUT2D eigenvalue weighted by Crippen LogP contribution is 2.31. The van der Waals surface area contributed by atoms with Crippen molar-refractivity contribution in [3.63, 3.8) is 0 Å². The lowest BCUT2D eigenvalue weighted by Crippen LogP contribution is -2.25. The maximum atomic E-state index is 6.04. The van der Waals surface area contributed by atoms with Gasteiger partial charge in [-0.25, -0.2) is 4.98 Å².